The van der Waals surface area contributed by atoms with Crippen LogP contribution >= 0.6 is 0 Å². The molecule has 2 aromatic carbocycles. The van der Waals surface area contributed by atoms with E-state index in [1.165, 1.54) is 0 Å². The smallest absolute Gasteiger partial charge is 0.414 e. The summed E-state index contributed by atoms with van der Waals surface area (Å²) in [5, 5.41) is 4.01. The predicted molar refractivity (Wildman–Crippen MR) is 96.8 cm³/mol. The fraction of sp³-hybridized carbons (Fsp3) is 0.250. The van der Waals surface area contributed by atoms with E-state index in [0.717, 1.165) is 28.8 Å². The number of anilines is 1. The number of amides is 1. The average Bonchev–Trinajstić information content (AvgIpc) is 3.33. The summed E-state index contributed by atoms with van der Waals surface area (Å²) >= 11 is 0. The lowest BCUT2D eigenvalue weighted by Gasteiger charge is -2.17. The Hall–Kier alpha value is -3.15. The number of hydrogen-bond acceptors (Lipinski definition) is 5. The monoisotopic (exact) mass is 349 g/mol. The molecule has 1 aromatic heterocycles. The van der Waals surface area contributed by atoms with E-state index in [1.807, 2.05) is 55.5 Å². The summed E-state index contributed by atoms with van der Waals surface area (Å²) in [4.78, 5) is 18.5. The molecule has 0 aliphatic carbocycles. The van der Waals surface area contributed by atoms with Crippen LogP contribution in [0.1, 0.15) is 23.9 Å². The summed E-state index contributed by atoms with van der Waals surface area (Å²) in [5.41, 5.74) is 3.83. The molecule has 0 N–H and O–H groups in total. The van der Waals surface area contributed by atoms with Gasteiger partial charge in [0.05, 0.1) is 5.69 Å². The van der Waals surface area contributed by atoms with E-state index >= 15 is 0 Å². The first-order chi connectivity index (χ1) is 12.7. The Kier molecular flexibility index (Phi) is 4.39. The zero-order valence-electron chi connectivity index (χ0n) is 14.5. The molecule has 0 atom stereocenters. The highest BCUT2D eigenvalue weighted by Gasteiger charge is 2.26. The minimum absolute atomic E-state index is 0.270. The molecule has 26 heavy (non-hydrogen) atoms. The van der Waals surface area contributed by atoms with E-state index in [0.29, 0.717) is 24.7 Å². The van der Waals surface area contributed by atoms with Gasteiger partial charge in [0.15, 0.2) is 0 Å². The van der Waals surface area contributed by atoms with Crippen molar-refractivity contribution in [2.75, 3.05) is 11.4 Å². The Morgan fingerprint density at radius 1 is 1.23 bits per heavy atom. The third-order valence-corrected chi connectivity index (χ3v) is 4.43. The zero-order valence-corrected chi connectivity index (χ0v) is 14.5. The third kappa shape index (κ3) is 3.18. The first-order valence-corrected chi connectivity index (χ1v) is 8.68. The Morgan fingerprint density at radius 3 is 2.85 bits per heavy atom. The number of carbonyl (C=O) groups is 1. The highest BCUT2D eigenvalue weighted by molar-refractivity contribution is 5.90. The minimum Gasteiger partial charge on any atom is -0.444 e. The van der Waals surface area contributed by atoms with Gasteiger partial charge in [-0.2, -0.15) is 4.98 Å². The number of aryl methyl sites for hydroxylation is 1. The molecule has 3 aromatic rings. The molecule has 0 radical (unpaired) electrons. The minimum atomic E-state index is -0.326. The second kappa shape index (κ2) is 7.00. The van der Waals surface area contributed by atoms with E-state index < -0.39 is 0 Å². The highest BCUT2D eigenvalue weighted by Crippen LogP contribution is 2.32. The van der Waals surface area contributed by atoms with Crippen molar-refractivity contribution in [1.29, 1.82) is 0 Å². The molecule has 1 aliphatic rings. The normalized spacial score (nSPS) is 12.9. The number of ether oxygens (including phenoxy) is 1. The van der Waals surface area contributed by atoms with Crippen LogP contribution in [0.4, 0.5) is 10.5 Å². The van der Waals surface area contributed by atoms with Gasteiger partial charge in [0.25, 0.3) is 0 Å². The topological polar surface area (TPSA) is 68.5 Å². The van der Waals surface area contributed by atoms with Crippen LogP contribution in [0.2, 0.25) is 0 Å². The highest BCUT2D eigenvalue weighted by atomic mass is 16.6. The number of carbonyl (C=O) groups excluding carboxylic acids is 1. The van der Waals surface area contributed by atoms with Gasteiger partial charge in [-0.1, -0.05) is 42.4 Å². The van der Waals surface area contributed by atoms with Gasteiger partial charge >= 0.3 is 6.09 Å². The maximum absolute atomic E-state index is 12.4. The molecule has 0 spiro atoms. The van der Waals surface area contributed by atoms with Crippen molar-refractivity contribution in [2.24, 2.45) is 0 Å². The SMILES string of the molecule is CCc1nc(-c2ccc3c(c2)CCN3C(=O)OCc2ccccc2)no1. The second-order valence-electron chi connectivity index (χ2n) is 6.15. The fourth-order valence-electron chi connectivity index (χ4n) is 3.04. The van der Waals surface area contributed by atoms with Crippen LogP contribution in [0.15, 0.2) is 53.1 Å². The van der Waals surface area contributed by atoms with Crippen molar-refractivity contribution in [3.63, 3.8) is 0 Å². The lowest BCUT2D eigenvalue weighted by molar-refractivity contribution is 0.147. The lowest BCUT2D eigenvalue weighted by Crippen LogP contribution is -2.29. The standard InChI is InChI=1S/C20H19N3O3/c1-2-18-21-19(22-26-18)16-8-9-17-15(12-16)10-11-23(17)20(24)25-13-14-6-4-3-5-7-14/h3-9,12H,2,10-11,13H2,1H3. The Morgan fingerprint density at radius 2 is 2.08 bits per heavy atom. The van der Waals surface area contributed by atoms with Gasteiger partial charge in [-0.25, -0.2) is 4.79 Å². The number of hydrogen-bond donors (Lipinski definition) is 0. The van der Waals surface area contributed by atoms with E-state index in [-0.39, 0.29) is 12.7 Å². The summed E-state index contributed by atoms with van der Waals surface area (Å²) in [5.74, 6) is 1.20. The molecular weight excluding hydrogens is 330 g/mol. The van der Waals surface area contributed by atoms with Gasteiger partial charge in [0, 0.05) is 18.5 Å². The van der Waals surface area contributed by atoms with Gasteiger partial charge in [-0.3, -0.25) is 4.90 Å². The van der Waals surface area contributed by atoms with Crippen molar-refractivity contribution in [1.82, 2.24) is 10.1 Å². The van der Waals surface area contributed by atoms with Crippen LogP contribution in [0.25, 0.3) is 11.4 Å². The maximum Gasteiger partial charge on any atom is 0.414 e. The molecule has 0 unspecified atom stereocenters. The number of aromatic nitrogens is 2. The molecule has 6 nitrogen and oxygen atoms in total. The molecule has 6 heteroatoms. The molecule has 2 heterocycles. The van der Waals surface area contributed by atoms with Gasteiger partial charge in [0.1, 0.15) is 6.61 Å². The second-order valence-corrected chi connectivity index (χ2v) is 6.15. The average molecular weight is 349 g/mol. The summed E-state index contributed by atoms with van der Waals surface area (Å²) in [7, 11) is 0. The van der Waals surface area contributed by atoms with Crippen LogP contribution in [0.5, 0.6) is 0 Å². The number of nitrogens with zero attached hydrogens (tertiary/aromatic N) is 3. The molecule has 4 rings (SSSR count). The van der Waals surface area contributed by atoms with Crippen molar-refractivity contribution < 1.29 is 14.1 Å². The molecule has 1 aliphatic heterocycles. The summed E-state index contributed by atoms with van der Waals surface area (Å²) < 4.78 is 10.6. The van der Waals surface area contributed by atoms with Crippen LogP contribution in [0, 0.1) is 0 Å². The quantitative estimate of drug-likeness (QED) is 0.712. The Bertz CT molecular complexity index is 921. The van der Waals surface area contributed by atoms with E-state index in [2.05, 4.69) is 10.1 Å². The van der Waals surface area contributed by atoms with Crippen molar-refractivity contribution in [3.05, 3.63) is 65.5 Å². The molecule has 1 amide bonds. The molecule has 0 bridgehead atoms. The molecular formula is C20H19N3O3. The number of rotatable bonds is 4. The number of benzene rings is 2. The largest absolute Gasteiger partial charge is 0.444 e. The van der Waals surface area contributed by atoms with Gasteiger partial charge < -0.3 is 9.26 Å². The van der Waals surface area contributed by atoms with Crippen molar-refractivity contribution >= 4 is 11.8 Å². The van der Waals surface area contributed by atoms with E-state index in [9.17, 15) is 4.79 Å². The first kappa shape index (κ1) is 16.3. The molecule has 0 saturated carbocycles. The van der Waals surface area contributed by atoms with E-state index in [1.54, 1.807) is 4.90 Å². The zero-order chi connectivity index (χ0) is 17.9. The number of fused-ring (bicyclic) bond motifs is 1. The summed E-state index contributed by atoms with van der Waals surface area (Å²) in [6.45, 7) is 2.85. The van der Waals surface area contributed by atoms with Crippen molar-refractivity contribution in [2.45, 2.75) is 26.4 Å². The molecule has 0 saturated heterocycles. The summed E-state index contributed by atoms with van der Waals surface area (Å²) in [6.07, 6.45) is 1.16. The first-order valence-electron chi connectivity index (χ1n) is 8.68. The maximum atomic E-state index is 12.4. The third-order valence-electron chi connectivity index (χ3n) is 4.43. The van der Waals surface area contributed by atoms with Gasteiger partial charge in [-0.15, -0.1) is 0 Å². The fourth-order valence-corrected chi connectivity index (χ4v) is 3.04. The van der Waals surface area contributed by atoms with Crippen molar-refractivity contribution in [3.8, 4) is 11.4 Å². The van der Waals surface area contributed by atoms with Crippen LogP contribution in [-0.4, -0.2) is 22.8 Å². The Labute approximate surface area is 151 Å². The Balaban J connectivity index is 1.48. The predicted octanol–water partition coefficient (Wildman–Crippen LogP) is 4.00. The molecule has 132 valence electrons. The van der Waals surface area contributed by atoms with Gasteiger partial charge in [-0.05, 0) is 35.7 Å². The van der Waals surface area contributed by atoms with Crippen LogP contribution in [0.3, 0.4) is 0 Å². The van der Waals surface area contributed by atoms with E-state index in [4.69, 9.17) is 9.26 Å². The van der Waals surface area contributed by atoms with Crippen LogP contribution < -0.4 is 4.90 Å². The van der Waals surface area contributed by atoms with Crippen LogP contribution in [-0.2, 0) is 24.2 Å². The molecule has 0 fully saturated rings. The lowest BCUT2D eigenvalue weighted by atomic mass is 10.1. The van der Waals surface area contributed by atoms with Gasteiger partial charge in [0.2, 0.25) is 11.7 Å². The summed E-state index contributed by atoms with van der Waals surface area (Å²) in [6, 6.07) is 15.5.